The average molecular weight is 330 g/mol. The molecule has 0 radical (unpaired) electrons. The minimum absolute atomic E-state index is 0.111. The molecule has 3 heteroatoms. The summed E-state index contributed by atoms with van der Waals surface area (Å²) in [6.45, 7) is 4.86. The van der Waals surface area contributed by atoms with Gasteiger partial charge in [-0.15, -0.1) is 0 Å². The first-order chi connectivity index (χ1) is 9.58. The van der Waals surface area contributed by atoms with Crippen LogP contribution in [-0.2, 0) is 6.42 Å². The lowest BCUT2D eigenvalue weighted by molar-refractivity contribution is 0.0980. The van der Waals surface area contributed by atoms with E-state index in [4.69, 9.17) is 0 Å². The summed E-state index contributed by atoms with van der Waals surface area (Å²) in [5, 5.41) is 0. The van der Waals surface area contributed by atoms with Gasteiger partial charge < -0.3 is 4.90 Å². The van der Waals surface area contributed by atoms with Gasteiger partial charge in [0.2, 0.25) is 0 Å². The van der Waals surface area contributed by atoms with E-state index in [1.165, 1.54) is 0 Å². The number of rotatable bonds is 1. The van der Waals surface area contributed by atoms with E-state index < -0.39 is 0 Å². The Kier molecular flexibility index (Phi) is 3.38. The Bertz CT molecular complexity index is 670. The molecule has 0 unspecified atom stereocenters. The number of amides is 1. The second kappa shape index (κ2) is 5.06. The van der Waals surface area contributed by atoms with E-state index in [1.54, 1.807) is 0 Å². The second-order valence-corrected chi connectivity index (χ2v) is 6.17. The molecule has 1 aliphatic rings. The van der Waals surface area contributed by atoms with Gasteiger partial charge in [0.25, 0.3) is 5.91 Å². The van der Waals surface area contributed by atoms with E-state index in [0.717, 1.165) is 45.4 Å². The van der Waals surface area contributed by atoms with Crippen molar-refractivity contribution in [2.75, 3.05) is 11.4 Å². The Morgan fingerprint density at radius 3 is 2.45 bits per heavy atom. The van der Waals surface area contributed by atoms with Gasteiger partial charge in [0.15, 0.2) is 0 Å². The third kappa shape index (κ3) is 2.16. The molecular formula is C17H16BrNO. The van der Waals surface area contributed by atoms with Crippen LogP contribution >= 0.6 is 15.9 Å². The summed E-state index contributed by atoms with van der Waals surface area (Å²) in [6.07, 6.45) is 0.914. The third-order valence-corrected chi connectivity index (χ3v) is 4.28. The largest absolute Gasteiger partial charge is 0.307 e. The molecule has 0 bridgehead atoms. The molecule has 2 aromatic carbocycles. The standard InChI is InChI=1S/C17H16BrNO/c1-11-9-14(18)10-12(2)16(11)19-8-7-13-5-3-4-6-15(13)17(19)20/h3-6,9-10H,7-8H2,1-2H3. The molecule has 20 heavy (non-hydrogen) atoms. The van der Waals surface area contributed by atoms with Gasteiger partial charge in [-0.2, -0.15) is 0 Å². The quantitative estimate of drug-likeness (QED) is 0.765. The second-order valence-electron chi connectivity index (χ2n) is 5.25. The number of halogens is 1. The van der Waals surface area contributed by atoms with Crippen molar-refractivity contribution in [1.82, 2.24) is 0 Å². The van der Waals surface area contributed by atoms with Crippen LogP contribution in [0, 0.1) is 13.8 Å². The van der Waals surface area contributed by atoms with Crippen LogP contribution in [0.3, 0.4) is 0 Å². The highest BCUT2D eigenvalue weighted by Gasteiger charge is 2.27. The summed E-state index contributed by atoms with van der Waals surface area (Å²) < 4.78 is 1.06. The summed E-state index contributed by atoms with van der Waals surface area (Å²) in [5.41, 5.74) is 5.29. The Labute approximate surface area is 127 Å². The van der Waals surface area contributed by atoms with E-state index >= 15 is 0 Å². The van der Waals surface area contributed by atoms with Crippen molar-refractivity contribution in [1.29, 1.82) is 0 Å². The number of hydrogen-bond donors (Lipinski definition) is 0. The van der Waals surface area contributed by atoms with Crippen LogP contribution in [0.2, 0.25) is 0 Å². The smallest absolute Gasteiger partial charge is 0.258 e. The van der Waals surface area contributed by atoms with Crippen molar-refractivity contribution >= 4 is 27.5 Å². The number of anilines is 1. The van der Waals surface area contributed by atoms with Crippen LogP contribution in [0.4, 0.5) is 5.69 Å². The molecule has 0 N–H and O–H groups in total. The molecule has 0 saturated heterocycles. The summed E-state index contributed by atoms with van der Waals surface area (Å²) in [5.74, 6) is 0.111. The van der Waals surface area contributed by atoms with Gasteiger partial charge in [0.1, 0.15) is 0 Å². The highest BCUT2D eigenvalue weighted by atomic mass is 79.9. The number of fused-ring (bicyclic) bond motifs is 1. The minimum atomic E-state index is 0.111. The van der Waals surface area contributed by atoms with Gasteiger partial charge in [0.05, 0.1) is 0 Å². The molecule has 1 heterocycles. The Morgan fingerprint density at radius 2 is 1.75 bits per heavy atom. The normalized spacial score (nSPS) is 14.3. The number of nitrogens with zero attached hydrogens (tertiary/aromatic N) is 1. The average Bonchev–Trinajstić information content (AvgIpc) is 2.40. The monoisotopic (exact) mass is 329 g/mol. The maximum atomic E-state index is 12.7. The first-order valence-electron chi connectivity index (χ1n) is 6.74. The molecule has 2 nitrogen and oxygen atoms in total. The fourth-order valence-electron chi connectivity index (χ4n) is 2.97. The van der Waals surface area contributed by atoms with Crippen LogP contribution in [-0.4, -0.2) is 12.5 Å². The van der Waals surface area contributed by atoms with Crippen LogP contribution < -0.4 is 4.90 Å². The molecule has 0 spiro atoms. The van der Waals surface area contributed by atoms with Crippen molar-refractivity contribution in [2.24, 2.45) is 0 Å². The van der Waals surface area contributed by atoms with Crippen LogP contribution in [0.25, 0.3) is 0 Å². The van der Waals surface area contributed by atoms with Crippen LogP contribution in [0.15, 0.2) is 40.9 Å². The lowest BCUT2D eigenvalue weighted by Crippen LogP contribution is -2.38. The predicted octanol–water partition coefficient (Wildman–Crippen LogP) is 4.27. The number of carbonyl (C=O) groups is 1. The molecule has 0 atom stereocenters. The van der Waals surface area contributed by atoms with Crippen molar-refractivity contribution in [3.05, 3.63) is 63.1 Å². The molecule has 0 saturated carbocycles. The Balaban J connectivity index is 2.08. The van der Waals surface area contributed by atoms with E-state index in [-0.39, 0.29) is 5.91 Å². The maximum Gasteiger partial charge on any atom is 0.258 e. The van der Waals surface area contributed by atoms with E-state index in [1.807, 2.05) is 29.2 Å². The van der Waals surface area contributed by atoms with Gasteiger partial charge in [0, 0.05) is 22.3 Å². The lowest BCUT2D eigenvalue weighted by atomic mass is 9.97. The number of hydrogen-bond acceptors (Lipinski definition) is 1. The van der Waals surface area contributed by atoms with Gasteiger partial charge in [-0.25, -0.2) is 0 Å². The lowest BCUT2D eigenvalue weighted by Gasteiger charge is -2.31. The first kappa shape index (κ1) is 13.4. The van der Waals surface area contributed by atoms with Crippen molar-refractivity contribution in [3.63, 3.8) is 0 Å². The van der Waals surface area contributed by atoms with Crippen molar-refractivity contribution in [2.45, 2.75) is 20.3 Å². The van der Waals surface area contributed by atoms with Gasteiger partial charge in [-0.05, 0) is 55.2 Å². The molecule has 0 aromatic heterocycles. The van der Waals surface area contributed by atoms with Gasteiger partial charge in [-0.3, -0.25) is 4.79 Å². The fraction of sp³-hybridized carbons (Fsp3) is 0.235. The molecule has 3 rings (SSSR count). The molecule has 1 aliphatic heterocycles. The highest BCUT2D eigenvalue weighted by molar-refractivity contribution is 9.10. The first-order valence-corrected chi connectivity index (χ1v) is 7.54. The van der Waals surface area contributed by atoms with Gasteiger partial charge in [-0.1, -0.05) is 34.1 Å². The minimum Gasteiger partial charge on any atom is -0.307 e. The number of carbonyl (C=O) groups excluding carboxylic acids is 1. The highest BCUT2D eigenvalue weighted by Crippen LogP contribution is 2.32. The topological polar surface area (TPSA) is 20.3 Å². The zero-order valence-electron chi connectivity index (χ0n) is 11.6. The Morgan fingerprint density at radius 1 is 1.10 bits per heavy atom. The SMILES string of the molecule is Cc1cc(Br)cc(C)c1N1CCc2ccccc2C1=O. The molecule has 0 aliphatic carbocycles. The summed E-state index contributed by atoms with van der Waals surface area (Å²) in [4.78, 5) is 14.6. The zero-order chi connectivity index (χ0) is 14.3. The Hall–Kier alpha value is -1.61. The summed E-state index contributed by atoms with van der Waals surface area (Å²) in [7, 11) is 0. The summed E-state index contributed by atoms with van der Waals surface area (Å²) in [6, 6.07) is 12.0. The predicted molar refractivity (Wildman–Crippen MR) is 85.4 cm³/mol. The van der Waals surface area contributed by atoms with Crippen molar-refractivity contribution in [3.8, 4) is 0 Å². The maximum absolute atomic E-state index is 12.7. The zero-order valence-corrected chi connectivity index (χ0v) is 13.2. The molecule has 2 aromatic rings. The number of benzene rings is 2. The van der Waals surface area contributed by atoms with E-state index in [0.29, 0.717) is 0 Å². The fourth-order valence-corrected chi connectivity index (χ4v) is 3.66. The van der Waals surface area contributed by atoms with Crippen LogP contribution in [0.5, 0.6) is 0 Å². The third-order valence-electron chi connectivity index (χ3n) is 3.82. The molecular weight excluding hydrogens is 314 g/mol. The number of aryl methyl sites for hydroxylation is 2. The molecule has 102 valence electrons. The van der Waals surface area contributed by atoms with E-state index in [2.05, 4.69) is 41.9 Å². The van der Waals surface area contributed by atoms with Gasteiger partial charge >= 0.3 is 0 Å². The summed E-state index contributed by atoms with van der Waals surface area (Å²) >= 11 is 3.51. The van der Waals surface area contributed by atoms with Crippen molar-refractivity contribution < 1.29 is 4.79 Å². The van der Waals surface area contributed by atoms with Crippen LogP contribution in [0.1, 0.15) is 27.0 Å². The molecule has 1 amide bonds. The molecule has 0 fully saturated rings. The van der Waals surface area contributed by atoms with E-state index in [9.17, 15) is 4.79 Å².